The highest BCUT2D eigenvalue weighted by Gasteiger charge is 2.32. The molecule has 4 rings (SSSR count). The summed E-state index contributed by atoms with van der Waals surface area (Å²) in [5, 5.41) is 11.4. The Bertz CT molecular complexity index is 1460. The number of nitro benzene ring substituents is 1. The highest BCUT2D eigenvalue weighted by molar-refractivity contribution is 7.07. The molecule has 2 heterocycles. The normalized spacial score (nSPS) is 15.8. The molecule has 32 heavy (non-hydrogen) atoms. The highest BCUT2D eigenvalue weighted by atomic mass is 35.5. The predicted octanol–water partition coefficient (Wildman–Crippen LogP) is 2.97. The minimum atomic E-state index is -0.720. The van der Waals surface area contributed by atoms with Crippen LogP contribution >= 0.6 is 22.9 Å². The van der Waals surface area contributed by atoms with E-state index < -0.39 is 16.9 Å². The lowest BCUT2D eigenvalue weighted by Crippen LogP contribution is -2.39. The number of non-ortho nitro benzene ring substituents is 1. The summed E-state index contributed by atoms with van der Waals surface area (Å²) in [6.45, 7) is 1.69. The molecule has 0 spiro atoms. The summed E-state index contributed by atoms with van der Waals surface area (Å²) in [5.41, 5.74) is 1.26. The number of carbonyl (C=O) groups is 1. The Hall–Kier alpha value is -3.56. The third-order valence-electron chi connectivity index (χ3n) is 5.02. The van der Waals surface area contributed by atoms with Gasteiger partial charge < -0.3 is 4.74 Å². The summed E-state index contributed by atoms with van der Waals surface area (Å²) in [7, 11) is 1.28. The van der Waals surface area contributed by atoms with E-state index in [2.05, 4.69) is 4.99 Å². The van der Waals surface area contributed by atoms with Crippen LogP contribution in [0.15, 0.2) is 69.6 Å². The van der Waals surface area contributed by atoms with Gasteiger partial charge >= 0.3 is 5.97 Å². The van der Waals surface area contributed by atoms with Gasteiger partial charge in [0.25, 0.3) is 11.2 Å². The second kappa shape index (κ2) is 8.52. The number of hydrogen-bond donors (Lipinski definition) is 0. The number of halogens is 1. The number of rotatable bonds is 4. The van der Waals surface area contributed by atoms with Crippen molar-refractivity contribution >= 4 is 40.7 Å². The Morgan fingerprint density at radius 3 is 2.66 bits per heavy atom. The molecule has 3 aromatic rings. The number of hydrogen-bond acceptors (Lipinski definition) is 7. The van der Waals surface area contributed by atoms with Gasteiger partial charge in [0, 0.05) is 22.7 Å². The second-order valence-electron chi connectivity index (χ2n) is 6.95. The average Bonchev–Trinajstić information content (AvgIpc) is 3.08. The number of fused-ring (bicyclic) bond motifs is 1. The molecular formula is C22H16ClN3O5S. The fraction of sp³-hybridized carbons (Fsp3) is 0.136. The minimum Gasteiger partial charge on any atom is -0.466 e. The van der Waals surface area contributed by atoms with Gasteiger partial charge in [-0.2, -0.15) is 0 Å². The van der Waals surface area contributed by atoms with Crippen LogP contribution in [0.4, 0.5) is 5.69 Å². The van der Waals surface area contributed by atoms with Crippen molar-refractivity contribution in [2.45, 2.75) is 13.0 Å². The van der Waals surface area contributed by atoms with Crippen LogP contribution < -0.4 is 14.9 Å². The van der Waals surface area contributed by atoms with Gasteiger partial charge in [-0.15, -0.1) is 0 Å². The van der Waals surface area contributed by atoms with Crippen molar-refractivity contribution in [3.63, 3.8) is 0 Å². The number of esters is 1. The molecule has 1 aliphatic heterocycles. The molecule has 0 bridgehead atoms. The van der Waals surface area contributed by atoms with E-state index >= 15 is 0 Å². The Labute approximate surface area is 190 Å². The largest absolute Gasteiger partial charge is 0.466 e. The predicted molar refractivity (Wildman–Crippen MR) is 120 cm³/mol. The summed E-state index contributed by atoms with van der Waals surface area (Å²) >= 11 is 7.33. The molecule has 0 saturated carbocycles. The zero-order valence-corrected chi connectivity index (χ0v) is 18.5. The number of methoxy groups -OCH3 is 1. The van der Waals surface area contributed by atoms with E-state index in [1.807, 2.05) is 30.3 Å². The molecule has 162 valence electrons. The third kappa shape index (κ3) is 3.76. The van der Waals surface area contributed by atoms with Gasteiger partial charge in [0.1, 0.15) is 0 Å². The molecule has 1 unspecified atom stereocenters. The van der Waals surface area contributed by atoms with Crippen LogP contribution in [0.25, 0.3) is 6.08 Å². The minimum absolute atomic E-state index is 0.139. The zero-order chi connectivity index (χ0) is 23.0. The van der Waals surface area contributed by atoms with Crippen LogP contribution in [-0.4, -0.2) is 22.6 Å². The van der Waals surface area contributed by atoms with E-state index in [0.717, 1.165) is 16.9 Å². The third-order valence-corrected chi connectivity index (χ3v) is 6.35. The van der Waals surface area contributed by atoms with Crippen molar-refractivity contribution in [3.8, 4) is 0 Å². The Kier molecular flexibility index (Phi) is 5.77. The summed E-state index contributed by atoms with van der Waals surface area (Å²) in [6, 6.07) is 12.4. The second-order valence-corrected chi connectivity index (χ2v) is 8.36. The van der Waals surface area contributed by atoms with Crippen molar-refractivity contribution in [3.05, 3.63) is 106 Å². The Morgan fingerprint density at radius 1 is 1.28 bits per heavy atom. The molecule has 1 atom stereocenters. The molecule has 2 aromatic carbocycles. The fourth-order valence-electron chi connectivity index (χ4n) is 3.54. The molecule has 1 aliphatic rings. The quantitative estimate of drug-likeness (QED) is 0.332. The average molecular weight is 470 g/mol. The fourth-order valence-corrected chi connectivity index (χ4v) is 4.75. The number of allylic oxidation sites excluding steroid dienone is 1. The lowest BCUT2D eigenvalue weighted by Gasteiger charge is -2.24. The van der Waals surface area contributed by atoms with E-state index in [9.17, 15) is 19.7 Å². The molecule has 0 N–H and O–H groups in total. The summed E-state index contributed by atoms with van der Waals surface area (Å²) in [4.78, 5) is 41.5. The molecule has 1 aromatic heterocycles. The van der Waals surface area contributed by atoms with E-state index in [-0.39, 0.29) is 26.4 Å². The first-order valence-corrected chi connectivity index (χ1v) is 10.6. The number of ether oxygens (including phenoxy) is 1. The van der Waals surface area contributed by atoms with Crippen LogP contribution in [0.1, 0.15) is 24.1 Å². The molecule has 0 fully saturated rings. The van der Waals surface area contributed by atoms with Crippen LogP contribution in [-0.2, 0) is 9.53 Å². The number of nitro groups is 1. The number of carbonyl (C=O) groups excluding carboxylic acids is 1. The maximum absolute atomic E-state index is 13.4. The number of nitrogens with zero attached hydrogens (tertiary/aromatic N) is 3. The van der Waals surface area contributed by atoms with Crippen LogP contribution in [0.2, 0.25) is 5.02 Å². The topological polar surface area (TPSA) is 104 Å². The van der Waals surface area contributed by atoms with Crippen molar-refractivity contribution in [2.75, 3.05) is 7.11 Å². The molecule has 0 saturated heterocycles. The van der Waals surface area contributed by atoms with Crippen molar-refractivity contribution in [1.29, 1.82) is 0 Å². The van der Waals surface area contributed by atoms with E-state index in [0.29, 0.717) is 16.1 Å². The standard InChI is InChI=1S/C22H16ClN3O5S/c1-12-18(21(28)31-2)19(13-6-4-3-5-7-13)25-20(27)17(32-22(25)24-12)11-14-10-15(26(29)30)8-9-16(14)23/h3-11,19H,1-2H3. The van der Waals surface area contributed by atoms with Gasteiger partial charge in [-0.3, -0.25) is 19.5 Å². The number of thiazole rings is 1. The SMILES string of the molecule is COC(=O)C1=C(C)N=c2sc(=Cc3cc([N+](=O)[O-])ccc3Cl)c(=O)n2C1c1ccccc1. The van der Waals surface area contributed by atoms with Crippen molar-refractivity contribution in [1.82, 2.24) is 4.57 Å². The number of benzene rings is 2. The Morgan fingerprint density at radius 2 is 2.00 bits per heavy atom. The maximum atomic E-state index is 13.4. The summed E-state index contributed by atoms with van der Waals surface area (Å²) in [6.07, 6.45) is 1.50. The lowest BCUT2D eigenvalue weighted by molar-refractivity contribution is -0.384. The first-order valence-electron chi connectivity index (χ1n) is 9.41. The van der Waals surface area contributed by atoms with E-state index in [4.69, 9.17) is 16.3 Å². The molecule has 10 heteroatoms. The number of aromatic nitrogens is 1. The summed E-state index contributed by atoms with van der Waals surface area (Å²) in [5.74, 6) is -0.573. The van der Waals surface area contributed by atoms with Gasteiger partial charge in [0.2, 0.25) is 0 Å². The smallest absolute Gasteiger partial charge is 0.338 e. The molecule has 8 nitrogen and oxygen atoms in total. The van der Waals surface area contributed by atoms with Gasteiger partial charge in [-0.05, 0) is 24.6 Å². The molecule has 0 amide bonds. The molecule has 0 radical (unpaired) electrons. The summed E-state index contributed by atoms with van der Waals surface area (Å²) < 4.78 is 6.69. The zero-order valence-electron chi connectivity index (χ0n) is 16.9. The molecule has 0 aliphatic carbocycles. The van der Waals surface area contributed by atoms with Gasteiger partial charge in [-0.1, -0.05) is 53.3 Å². The van der Waals surface area contributed by atoms with Crippen LogP contribution in [0.5, 0.6) is 0 Å². The first kappa shape index (κ1) is 21.7. The van der Waals surface area contributed by atoms with Gasteiger partial charge in [-0.25, -0.2) is 9.79 Å². The van der Waals surface area contributed by atoms with Crippen LogP contribution in [0, 0.1) is 10.1 Å². The maximum Gasteiger partial charge on any atom is 0.338 e. The van der Waals surface area contributed by atoms with E-state index in [1.165, 1.54) is 36.0 Å². The van der Waals surface area contributed by atoms with E-state index in [1.54, 1.807) is 6.92 Å². The van der Waals surface area contributed by atoms with Crippen LogP contribution in [0.3, 0.4) is 0 Å². The van der Waals surface area contributed by atoms with Crippen molar-refractivity contribution in [2.24, 2.45) is 4.99 Å². The highest BCUT2D eigenvalue weighted by Crippen LogP contribution is 2.30. The Balaban J connectivity index is 1.98. The molecular weight excluding hydrogens is 454 g/mol. The lowest BCUT2D eigenvalue weighted by atomic mass is 9.96. The van der Waals surface area contributed by atoms with Gasteiger partial charge in [0.15, 0.2) is 4.80 Å². The monoisotopic (exact) mass is 469 g/mol. The van der Waals surface area contributed by atoms with Crippen molar-refractivity contribution < 1.29 is 14.5 Å². The van der Waals surface area contributed by atoms with Gasteiger partial charge in [0.05, 0.1) is 33.9 Å². The first-order chi connectivity index (χ1) is 15.3.